The van der Waals surface area contributed by atoms with Crippen molar-refractivity contribution in [3.05, 3.63) is 41.6 Å². The van der Waals surface area contributed by atoms with Crippen molar-refractivity contribution >= 4 is 17.4 Å². The number of hydrogen-bond donors (Lipinski definition) is 2. The molecule has 2 saturated heterocycles. The summed E-state index contributed by atoms with van der Waals surface area (Å²) in [5.74, 6) is 1.53. The first-order valence-electron chi connectivity index (χ1n) is 11.9. The molecule has 9 heteroatoms. The number of rotatable bonds is 7. The number of carbonyl (C=O) groups excluding carboxylic acids is 1. The highest BCUT2D eigenvalue weighted by Gasteiger charge is 2.20. The van der Waals surface area contributed by atoms with Gasteiger partial charge in [-0.1, -0.05) is 12.1 Å². The molecule has 0 aliphatic carbocycles. The molecule has 0 atom stereocenters. The Kier molecular flexibility index (Phi) is 6.64. The Morgan fingerprint density at radius 1 is 1.15 bits per heavy atom. The summed E-state index contributed by atoms with van der Waals surface area (Å²) in [6.45, 7) is 5.73. The van der Waals surface area contributed by atoms with Crippen LogP contribution < -0.4 is 15.8 Å². The second kappa shape index (κ2) is 9.99. The van der Waals surface area contributed by atoms with Crippen LogP contribution in [0.15, 0.2) is 30.5 Å². The van der Waals surface area contributed by atoms with Crippen LogP contribution in [0.3, 0.4) is 0 Å². The maximum absolute atomic E-state index is 11.7. The van der Waals surface area contributed by atoms with Crippen molar-refractivity contribution in [3.8, 4) is 17.0 Å². The lowest BCUT2D eigenvalue weighted by molar-refractivity contribution is 0.0238. The third-order valence-corrected chi connectivity index (χ3v) is 6.62. The predicted molar refractivity (Wildman–Crippen MR) is 128 cm³/mol. The van der Waals surface area contributed by atoms with Crippen molar-refractivity contribution < 1.29 is 19.0 Å². The molecule has 3 aromatic rings. The SMILES string of the molecule is Cc1cc(-c2cnn3c(NCC4CCOCC4)cc(OC4CCOCC4)nc23)ccc1C(N)=O. The average molecular weight is 466 g/mol. The van der Waals surface area contributed by atoms with E-state index >= 15 is 0 Å². The van der Waals surface area contributed by atoms with Crippen LogP contribution in [0.2, 0.25) is 0 Å². The predicted octanol–water partition coefficient (Wildman–Crippen LogP) is 3.20. The van der Waals surface area contributed by atoms with Gasteiger partial charge >= 0.3 is 0 Å². The van der Waals surface area contributed by atoms with Crippen molar-refractivity contribution in [2.24, 2.45) is 11.7 Å². The van der Waals surface area contributed by atoms with E-state index in [1.165, 1.54) is 0 Å². The number of carbonyl (C=O) groups is 1. The molecule has 0 spiro atoms. The van der Waals surface area contributed by atoms with Crippen molar-refractivity contribution in [3.63, 3.8) is 0 Å². The van der Waals surface area contributed by atoms with Gasteiger partial charge in [0.1, 0.15) is 11.9 Å². The van der Waals surface area contributed by atoms with Crippen molar-refractivity contribution in [2.45, 2.75) is 38.7 Å². The lowest BCUT2D eigenvalue weighted by atomic mass is 10.0. The van der Waals surface area contributed by atoms with Gasteiger partial charge in [-0.2, -0.15) is 14.6 Å². The van der Waals surface area contributed by atoms with E-state index in [-0.39, 0.29) is 6.10 Å². The lowest BCUT2D eigenvalue weighted by Crippen LogP contribution is -2.26. The molecule has 0 radical (unpaired) electrons. The van der Waals surface area contributed by atoms with E-state index in [1.54, 1.807) is 12.3 Å². The fraction of sp³-hybridized carbons (Fsp3) is 0.480. The molecular weight excluding hydrogens is 434 g/mol. The van der Waals surface area contributed by atoms with Gasteiger partial charge < -0.3 is 25.3 Å². The summed E-state index contributed by atoms with van der Waals surface area (Å²) in [5, 5.41) is 8.21. The molecule has 2 aromatic heterocycles. The van der Waals surface area contributed by atoms with Crippen LogP contribution in [0, 0.1) is 12.8 Å². The van der Waals surface area contributed by atoms with Gasteiger partial charge in [0.25, 0.3) is 0 Å². The van der Waals surface area contributed by atoms with Crippen LogP contribution in [0.25, 0.3) is 16.8 Å². The van der Waals surface area contributed by atoms with Crippen molar-refractivity contribution in [1.29, 1.82) is 0 Å². The Hall–Kier alpha value is -3.17. The second-order valence-electron chi connectivity index (χ2n) is 9.03. The van der Waals surface area contributed by atoms with E-state index in [0.29, 0.717) is 36.2 Å². The normalized spacial score (nSPS) is 17.7. The average Bonchev–Trinajstić information content (AvgIpc) is 3.27. The van der Waals surface area contributed by atoms with E-state index in [9.17, 15) is 4.79 Å². The van der Waals surface area contributed by atoms with Gasteiger partial charge in [-0.15, -0.1) is 0 Å². The van der Waals surface area contributed by atoms with E-state index in [4.69, 9.17) is 24.9 Å². The molecule has 0 saturated carbocycles. The van der Waals surface area contributed by atoms with Gasteiger partial charge in [-0.05, 0) is 42.9 Å². The van der Waals surface area contributed by atoms with Crippen LogP contribution in [-0.4, -0.2) is 59.6 Å². The zero-order valence-electron chi connectivity index (χ0n) is 19.5. The molecule has 4 heterocycles. The van der Waals surface area contributed by atoms with Crippen molar-refractivity contribution in [1.82, 2.24) is 14.6 Å². The zero-order chi connectivity index (χ0) is 23.5. The lowest BCUT2D eigenvalue weighted by Gasteiger charge is -2.24. The number of nitrogens with zero attached hydrogens (tertiary/aromatic N) is 3. The van der Waals surface area contributed by atoms with Gasteiger partial charge in [0.2, 0.25) is 11.8 Å². The maximum atomic E-state index is 11.7. The summed E-state index contributed by atoms with van der Waals surface area (Å²) in [7, 11) is 0. The van der Waals surface area contributed by atoms with Gasteiger partial charge in [0, 0.05) is 49.8 Å². The fourth-order valence-electron chi connectivity index (χ4n) is 4.60. The topological polar surface area (TPSA) is 113 Å². The molecule has 2 fully saturated rings. The molecule has 1 aromatic carbocycles. The molecule has 0 unspecified atom stereocenters. The smallest absolute Gasteiger partial charge is 0.248 e. The van der Waals surface area contributed by atoms with Crippen molar-refractivity contribution in [2.75, 3.05) is 38.3 Å². The molecule has 34 heavy (non-hydrogen) atoms. The standard InChI is InChI=1S/C25H31N5O4/c1-16-12-18(2-3-20(16)24(26)31)21-15-28-30-22(27-14-17-4-8-32-9-5-17)13-23(29-25(21)30)34-19-6-10-33-11-7-19/h2-3,12-13,15,17,19,27H,4-11,14H2,1H3,(H2,26,31). The number of anilines is 1. The highest BCUT2D eigenvalue weighted by atomic mass is 16.5. The molecule has 2 aliphatic rings. The largest absolute Gasteiger partial charge is 0.474 e. The van der Waals surface area contributed by atoms with E-state index in [0.717, 1.165) is 68.0 Å². The summed E-state index contributed by atoms with van der Waals surface area (Å²) in [5.41, 5.74) is 9.30. The number of fused-ring (bicyclic) bond motifs is 1. The van der Waals surface area contributed by atoms with Gasteiger partial charge in [0.15, 0.2) is 5.65 Å². The summed E-state index contributed by atoms with van der Waals surface area (Å²) in [6, 6.07) is 7.51. The Bertz CT molecular complexity index is 1170. The fourth-order valence-corrected chi connectivity index (χ4v) is 4.60. The quantitative estimate of drug-likeness (QED) is 0.551. The number of aromatic nitrogens is 3. The van der Waals surface area contributed by atoms with Gasteiger partial charge in [-0.3, -0.25) is 4.79 Å². The number of amides is 1. The van der Waals surface area contributed by atoms with Gasteiger partial charge in [-0.25, -0.2) is 0 Å². The highest BCUT2D eigenvalue weighted by molar-refractivity contribution is 5.95. The Balaban J connectivity index is 1.50. The molecule has 180 valence electrons. The maximum Gasteiger partial charge on any atom is 0.248 e. The number of nitrogens with one attached hydrogen (secondary N) is 1. The molecule has 0 bridgehead atoms. The van der Waals surface area contributed by atoms with E-state index in [1.807, 2.05) is 29.6 Å². The number of hydrogen-bond acceptors (Lipinski definition) is 7. The summed E-state index contributed by atoms with van der Waals surface area (Å²) >= 11 is 0. The summed E-state index contributed by atoms with van der Waals surface area (Å²) < 4.78 is 19.1. The number of aryl methyl sites for hydroxylation is 1. The minimum atomic E-state index is -0.436. The van der Waals surface area contributed by atoms with Crippen LogP contribution >= 0.6 is 0 Å². The second-order valence-corrected chi connectivity index (χ2v) is 9.03. The minimum Gasteiger partial charge on any atom is -0.474 e. The monoisotopic (exact) mass is 465 g/mol. The first-order chi connectivity index (χ1) is 16.6. The van der Waals surface area contributed by atoms with Crippen LogP contribution in [-0.2, 0) is 9.47 Å². The minimum absolute atomic E-state index is 0.0792. The van der Waals surface area contributed by atoms with E-state index < -0.39 is 5.91 Å². The third kappa shape index (κ3) is 4.85. The Labute approximate surface area is 198 Å². The van der Waals surface area contributed by atoms with E-state index in [2.05, 4.69) is 10.4 Å². The molecule has 9 nitrogen and oxygen atoms in total. The van der Waals surface area contributed by atoms with Crippen LogP contribution in [0.1, 0.15) is 41.6 Å². The molecular formula is C25H31N5O4. The number of nitrogens with two attached hydrogens (primary N) is 1. The number of benzene rings is 1. The molecule has 3 N–H and O–H groups in total. The Morgan fingerprint density at radius 2 is 1.88 bits per heavy atom. The zero-order valence-corrected chi connectivity index (χ0v) is 19.5. The first-order valence-corrected chi connectivity index (χ1v) is 11.9. The highest BCUT2D eigenvalue weighted by Crippen LogP contribution is 2.30. The third-order valence-electron chi connectivity index (χ3n) is 6.62. The number of primary amides is 1. The summed E-state index contributed by atoms with van der Waals surface area (Å²) in [4.78, 5) is 16.5. The number of ether oxygens (including phenoxy) is 3. The Morgan fingerprint density at radius 3 is 2.59 bits per heavy atom. The molecule has 2 aliphatic heterocycles. The van der Waals surface area contributed by atoms with Crippen LogP contribution in [0.4, 0.5) is 5.82 Å². The van der Waals surface area contributed by atoms with Gasteiger partial charge in [0.05, 0.1) is 19.4 Å². The molecule has 5 rings (SSSR count). The summed E-state index contributed by atoms with van der Waals surface area (Å²) in [6.07, 6.45) is 5.66. The first kappa shape index (κ1) is 22.6. The molecule has 1 amide bonds. The van der Waals surface area contributed by atoms with Crippen LogP contribution in [0.5, 0.6) is 5.88 Å².